The quantitative estimate of drug-likeness (QED) is 0.609. The van der Waals surface area contributed by atoms with Gasteiger partial charge in [0.05, 0.1) is 4.92 Å². The summed E-state index contributed by atoms with van der Waals surface area (Å²) in [7, 11) is 0. The van der Waals surface area contributed by atoms with Gasteiger partial charge in [-0.3, -0.25) is 10.1 Å². The van der Waals surface area contributed by atoms with Gasteiger partial charge in [-0.1, -0.05) is 40.8 Å². The third kappa shape index (κ3) is 2.43. The van der Waals surface area contributed by atoms with E-state index in [-0.39, 0.29) is 9.92 Å². The Morgan fingerprint density at radius 2 is 1.94 bits per heavy atom. The number of hydrogen-bond donors (Lipinski definition) is 0. The van der Waals surface area contributed by atoms with Crippen molar-refractivity contribution in [2.45, 2.75) is 16.7 Å². The summed E-state index contributed by atoms with van der Waals surface area (Å²) in [6, 6.07) is 9.73. The maximum absolute atomic E-state index is 10.7. The molecule has 1 heterocycles. The first-order valence-corrected chi connectivity index (χ1v) is 6.33. The van der Waals surface area contributed by atoms with Crippen molar-refractivity contribution in [2.75, 3.05) is 0 Å². The van der Waals surface area contributed by atoms with Gasteiger partial charge in [-0.15, -0.1) is 0 Å². The zero-order valence-corrected chi connectivity index (χ0v) is 10.2. The molecule has 0 N–H and O–H groups in total. The molecule has 16 heavy (non-hydrogen) atoms. The van der Waals surface area contributed by atoms with Crippen LogP contribution in [0.2, 0.25) is 0 Å². The monoisotopic (exact) mass is 251 g/mol. The van der Waals surface area contributed by atoms with E-state index < -0.39 is 0 Å². The Hall–Kier alpha value is -1.33. The van der Waals surface area contributed by atoms with E-state index in [1.807, 2.05) is 31.2 Å². The molecule has 82 valence electrons. The van der Waals surface area contributed by atoms with E-state index in [4.69, 9.17) is 0 Å². The van der Waals surface area contributed by atoms with Crippen LogP contribution in [0.1, 0.15) is 5.56 Å². The third-order valence-corrected chi connectivity index (χ3v) is 4.08. The minimum absolute atomic E-state index is 0.213. The molecule has 1 aromatic heterocycles. The first-order chi connectivity index (χ1) is 7.66. The highest BCUT2D eigenvalue weighted by Crippen LogP contribution is 2.38. The van der Waals surface area contributed by atoms with E-state index >= 15 is 0 Å². The van der Waals surface area contributed by atoms with Crippen molar-refractivity contribution >= 4 is 28.1 Å². The van der Waals surface area contributed by atoms with E-state index in [1.54, 1.807) is 11.4 Å². The molecule has 0 amide bonds. The van der Waals surface area contributed by atoms with Gasteiger partial charge in [-0.25, -0.2) is 0 Å². The van der Waals surface area contributed by atoms with E-state index in [9.17, 15) is 10.1 Å². The molecule has 0 atom stereocenters. The summed E-state index contributed by atoms with van der Waals surface area (Å²) in [5, 5.41) is 12.7. The van der Waals surface area contributed by atoms with Gasteiger partial charge in [-0.2, -0.15) is 0 Å². The molecule has 2 rings (SSSR count). The van der Waals surface area contributed by atoms with Gasteiger partial charge in [0.1, 0.15) is 4.90 Å². The summed E-state index contributed by atoms with van der Waals surface area (Å²) >= 11 is 2.59. The highest BCUT2D eigenvalue weighted by Gasteiger charge is 2.15. The molecule has 0 saturated heterocycles. The minimum Gasteiger partial charge on any atom is -0.258 e. The number of rotatable bonds is 3. The van der Waals surface area contributed by atoms with E-state index in [0.717, 1.165) is 16.2 Å². The molecular weight excluding hydrogens is 242 g/mol. The van der Waals surface area contributed by atoms with Gasteiger partial charge in [0.2, 0.25) is 0 Å². The van der Waals surface area contributed by atoms with Crippen molar-refractivity contribution in [2.24, 2.45) is 0 Å². The lowest BCUT2D eigenvalue weighted by molar-refractivity contribution is -0.382. The predicted octanol–water partition coefficient (Wildman–Crippen LogP) is 4.12. The van der Waals surface area contributed by atoms with Crippen LogP contribution in [0.5, 0.6) is 0 Å². The lowest BCUT2D eigenvalue weighted by Crippen LogP contribution is -1.84. The maximum Gasteiger partial charge on any atom is 0.337 e. The summed E-state index contributed by atoms with van der Waals surface area (Å²) in [6.07, 6.45) is 0. The third-order valence-electron chi connectivity index (χ3n) is 2.02. The molecule has 0 spiro atoms. The Bertz CT molecular complexity index is 505. The van der Waals surface area contributed by atoms with Crippen LogP contribution >= 0.6 is 23.1 Å². The zero-order chi connectivity index (χ0) is 11.5. The van der Waals surface area contributed by atoms with Crippen LogP contribution in [-0.4, -0.2) is 4.92 Å². The smallest absolute Gasteiger partial charge is 0.258 e. The number of thiophene rings is 1. The second kappa shape index (κ2) is 4.67. The van der Waals surface area contributed by atoms with Crippen molar-refractivity contribution < 1.29 is 4.92 Å². The van der Waals surface area contributed by atoms with Gasteiger partial charge in [0.15, 0.2) is 0 Å². The Kier molecular flexibility index (Phi) is 3.26. The van der Waals surface area contributed by atoms with Crippen molar-refractivity contribution in [3.8, 4) is 0 Å². The maximum atomic E-state index is 10.7. The number of nitrogens with zero attached hydrogens (tertiary/aromatic N) is 1. The molecule has 0 aliphatic heterocycles. The normalized spacial score (nSPS) is 10.3. The SMILES string of the molecule is Cc1ccc(Sc2ccsc2[N+](=O)[O-])cc1. The number of benzene rings is 1. The average Bonchev–Trinajstić information content (AvgIpc) is 2.69. The fraction of sp³-hybridized carbons (Fsp3) is 0.0909. The van der Waals surface area contributed by atoms with Crippen LogP contribution in [0.3, 0.4) is 0 Å². The lowest BCUT2D eigenvalue weighted by Gasteiger charge is -1.99. The molecule has 1 aromatic carbocycles. The van der Waals surface area contributed by atoms with Gasteiger partial charge < -0.3 is 0 Å². The van der Waals surface area contributed by atoms with Crippen LogP contribution in [0.15, 0.2) is 45.5 Å². The fourth-order valence-corrected chi connectivity index (χ4v) is 3.02. The molecule has 0 aliphatic carbocycles. The molecule has 0 aliphatic rings. The van der Waals surface area contributed by atoms with E-state index in [2.05, 4.69) is 0 Å². The minimum atomic E-state index is -0.332. The van der Waals surface area contributed by atoms with Crippen LogP contribution in [-0.2, 0) is 0 Å². The molecular formula is C11H9NO2S2. The summed E-state index contributed by atoms with van der Waals surface area (Å²) in [5.41, 5.74) is 1.18. The van der Waals surface area contributed by atoms with Crippen molar-refractivity contribution in [1.82, 2.24) is 0 Å². The summed E-state index contributed by atoms with van der Waals surface area (Å²) < 4.78 is 0. The van der Waals surface area contributed by atoms with Gasteiger partial charge in [-0.05, 0) is 30.5 Å². The molecule has 0 bridgehead atoms. The Labute approximate surface area is 101 Å². The largest absolute Gasteiger partial charge is 0.337 e. The lowest BCUT2D eigenvalue weighted by atomic mass is 10.2. The molecule has 0 unspecified atom stereocenters. The summed E-state index contributed by atoms with van der Waals surface area (Å²) in [6.45, 7) is 2.02. The van der Waals surface area contributed by atoms with Crippen molar-refractivity contribution in [1.29, 1.82) is 0 Å². The first-order valence-electron chi connectivity index (χ1n) is 4.63. The summed E-state index contributed by atoms with van der Waals surface area (Å²) in [5.74, 6) is 0. The second-order valence-electron chi connectivity index (χ2n) is 3.26. The highest BCUT2D eigenvalue weighted by atomic mass is 32.2. The second-order valence-corrected chi connectivity index (χ2v) is 5.27. The van der Waals surface area contributed by atoms with Crippen molar-refractivity contribution in [3.63, 3.8) is 0 Å². The average molecular weight is 251 g/mol. The summed E-state index contributed by atoms with van der Waals surface area (Å²) in [4.78, 5) is 12.1. The Morgan fingerprint density at radius 1 is 1.25 bits per heavy atom. The number of nitro groups is 1. The number of hydrogen-bond acceptors (Lipinski definition) is 4. The van der Waals surface area contributed by atoms with Crippen LogP contribution < -0.4 is 0 Å². The molecule has 0 saturated carbocycles. The number of aryl methyl sites for hydroxylation is 1. The van der Waals surface area contributed by atoms with Crippen LogP contribution in [0.25, 0.3) is 0 Å². The van der Waals surface area contributed by atoms with Gasteiger partial charge >= 0.3 is 5.00 Å². The molecule has 5 heteroatoms. The van der Waals surface area contributed by atoms with E-state index in [1.165, 1.54) is 17.3 Å². The predicted molar refractivity (Wildman–Crippen MR) is 66.3 cm³/mol. The molecule has 2 aromatic rings. The van der Waals surface area contributed by atoms with Gasteiger partial charge in [0, 0.05) is 4.90 Å². The standard InChI is InChI=1S/C11H9NO2S2/c1-8-2-4-9(5-3-8)16-10-6-7-15-11(10)12(13)14/h2-7H,1H3. The topological polar surface area (TPSA) is 43.1 Å². The molecule has 0 fully saturated rings. The van der Waals surface area contributed by atoms with Gasteiger partial charge in [0.25, 0.3) is 0 Å². The van der Waals surface area contributed by atoms with Crippen LogP contribution in [0, 0.1) is 17.0 Å². The highest BCUT2D eigenvalue weighted by molar-refractivity contribution is 7.99. The van der Waals surface area contributed by atoms with E-state index in [0.29, 0.717) is 4.90 Å². The van der Waals surface area contributed by atoms with Crippen molar-refractivity contribution in [3.05, 3.63) is 51.4 Å². The fourth-order valence-electron chi connectivity index (χ4n) is 1.23. The molecule has 0 radical (unpaired) electrons. The Balaban J connectivity index is 2.23. The zero-order valence-electron chi connectivity index (χ0n) is 8.54. The molecule has 3 nitrogen and oxygen atoms in total. The van der Waals surface area contributed by atoms with Crippen LogP contribution in [0.4, 0.5) is 5.00 Å². The first kappa shape index (κ1) is 11.2. The Morgan fingerprint density at radius 3 is 2.56 bits per heavy atom.